The van der Waals surface area contributed by atoms with E-state index in [-0.39, 0.29) is 11.6 Å². The van der Waals surface area contributed by atoms with E-state index in [0.717, 1.165) is 4.47 Å². The van der Waals surface area contributed by atoms with Crippen molar-refractivity contribution in [2.75, 3.05) is 5.32 Å². The highest BCUT2D eigenvalue weighted by Crippen LogP contribution is 2.16. The summed E-state index contributed by atoms with van der Waals surface area (Å²) < 4.78 is 0.868. The van der Waals surface area contributed by atoms with E-state index in [9.17, 15) is 9.59 Å². The number of hydrogen-bond acceptors (Lipinski definition) is 3. The fourth-order valence-corrected chi connectivity index (χ4v) is 1.84. The minimum absolute atomic E-state index is 0.124. The van der Waals surface area contributed by atoms with E-state index in [1.165, 1.54) is 18.3 Å². The molecule has 2 aromatic rings. The molecule has 3 N–H and O–H groups in total. The van der Waals surface area contributed by atoms with Crippen molar-refractivity contribution in [3.05, 3.63) is 58.3 Å². The third-order valence-electron chi connectivity index (χ3n) is 2.36. The molecule has 1 heterocycles. The highest BCUT2D eigenvalue weighted by Gasteiger charge is 2.08. The standard InChI is InChI=1S/C13H10BrN3O2/c14-9-2-1-3-10(6-9)17-13(19)8-4-5-11(12(15)18)16-7-8/h1-7H,(H2,15,18)(H,17,19). The average molecular weight is 320 g/mol. The Morgan fingerprint density at radius 2 is 2.00 bits per heavy atom. The van der Waals surface area contributed by atoms with Gasteiger partial charge in [0.05, 0.1) is 5.56 Å². The summed E-state index contributed by atoms with van der Waals surface area (Å²) >= 11 is 3.32. The zero-order chi connectivity index (χ0) is 13.8. The molecular formula is C13H10BrN3O2. The monoisotopic (exact) mass is 319 g/mol. The summed E-state index contributed by atoms with van der Waals surface area (Å²) in [6, 6.07) is 10.1. The van der Waals surface area contributed by atoms with Crippen LogP contribution in [0.15, 0.2) is 47.1 Å². The number of carbonyl (C=O) groups is 2. The zero-order valence-corrected chi connectivity index (χ0v) is 11.3. The number of aromatic nitrogens is 1. The van der Waals surface area contributed by atoms with Crippen LogP contribution in [0.5, 0.6) is 0 Å². The molecule has 0 aliphatic carbocycles. The van der Waals surface area contributed by atoms with Crippen LogP contribution < -0.4 is 11.1 Å². The lowest BCUT2D eigenvalue weighted by Crippen LogP contribution is -2.15. The van der Waals surface area contributed by atoms with Crippen LogP contribution in [0.25, 0.3) is 0 Å². The van der Waals surface area contributed by atoms with Crippen molar-refractivity contribution in [3.8, 4) is 0 Å². The number of pyridine rings is 1. The van der Waals surface area contributed by atoms with Gasteiger partial charge in [0.2, 0.25) is 0 Å². The number of anilines is 1. The predicted molar refractivity (Wildman–Crippen MR) is 74.9 cm³/mol. The molecule has 0 saturated carbocycles. The number of halogens is 1. The van der Waals surface area contributed by atoms with Gasteiger partial charge in [0.25, 0.3) is 11.8 Å². The molecule has 0 atom stereocenters. The van der Waals surface area contributed by atoms with Gasteiger partial charge in [-0.1, -0.05) is 22.0 Å². The van der Waals surface area contributed by atoms with Crippen molar-refractivity contribution in [3.63, 3.8) is 0 Å². The van der Waals surface area contributed by atoms with E-state index in [1.54, 1.807) is 12.1 Å². The summed E-state index contributed by atoms with van der Waals surface area (Å²) in [7, 11) is 0. The maximum atomic E-state index is 11.9. The van der Waals surface area contributed by atoms with Gasteiger partial charge < -0.3 is 11.1 Å². The Morgan fingerprint density at radius 3 is 2.58 bits per heavy atom. The molecule has 96 valence electrons. The fourth-order valence-electron chi connectivity index (χ4n) is 1.44. The van der Waals surface area contributed by atoms with Crippen LogP contribution >= 0.6 is 15.9 Å². The smallest absolute Gasteiger partial charge is 0.267 e. The first-order valence-corrected chi connectivity index (χ1v) is 6.18. The molecule has 0 saturated heterocycles. The van der Waals surface area contributed by atoms with E-state index in [0.29, 0.717) is 11.3 Å². The zero-order valence-electron chi connectivity index (χ0n) is 9.76. The Morgan fingerprint density at radius 1 is 1.21 bits per heavy atom. The van der Waals surface area contributed by atoms with Crippen LogP contribution in [0, 0.1) is 0 Å². The Bertz CT molecular complexity index is 626. The van der Waals surface area contributed by atoms with Crippen molar-refractivity contribution in [2.45, 2.75) is 0 Å². The van der Waals surface area contributed by atoms with Gasteiger partial charge in [-0.3, -0.25) is 14.6 Å². The van der Waals surface area contributed by atoms with Crippen molar-refractivity contribution in [1.82, 2.24) is 4.98 Å². The molecule has 1 aromatic carbocycles. The van der Waals surface area contributed by atoms with Gasteiger partial charge in [-0.15, -0.1) is 0 Å². The Labute approximate surface area is 118 Å². The molecular weight excluding hydrogens is 310 g/mol. The van der Waals surface area contributed by atoms with Gasteiger partial charge >= 0.3 is 0 Å². The molecule has 0 aliphatic heterocycles. The first-order chi connectivity index (χ1) is 9.06. The van der Waals surface area contributed by atoms with E-state index in [1.807, 2.05) is 12.1 Å². The number of benzene rings is 1. The number of nitrogens with zero attached hydrogens (tertiary/aromatic N) is 1. The summed E-state index contributed by atoms with van der Waals surface area (Å²) in [4.78, 5) is 26.6. The Hall–Kier alpha value is -2.21. The number of hydrogen-bond donors (Lipinski definition) is 2. The maximum Gasteiger partial charge on any atom is 0.267 e. The number of nitrogens with two attached hydrogens (primary N) is 1. The summed E-state index contributed by atoms with van der Waals surface area (Å²) in [5.74, 6) is -0.930. The van der Waals surface area contributed by atoms with Crippen LogP contribution in [0.1, 0.15) is 20.8 Å². The molecule has 2 amide bonds. The highest BCUT2D eigenvalue weighted by atomic mass is 79.9. The molecule has 0 spiro atoms. The third-order valence-corrected chi connectivity index (χ3v) is 2.85. The molecule has 0 fully saturated rings. The van der Waals surface area contributed by atoms with Gasteiger partial charge in [-0.05, 0) is 30.3 Å². The molecule has 5 nitrogen and oxygen atoms in total. The number of rotatable bonds is 3. The Balaban J connectivity index is 2.14. The third kappa shape index (κ3) is 3.38. The largest absolute Gasteiger partial charge is 0.364 e. The van der Waals surface area contributed by atoms with Crippen molar-refractivity contribution in [1.29, 1.82) is 0 Å². The number of nitrogens with one attached hydrogen (secondary N) is 1. The van der Waals surface area contributed by atoms with E-state index >= 15 is 0 Å². The molecule has 1 aromatic heterocycles. The van der Waals surface area contributed by atoms with Crippen LogP contribution in [0.3, 0.4) is 0 Å². The maximum absolute atomic E-state index is 11.9. The fraction of sp³-hybridized carbons (Fsp3) is 0. The van der Waals surface area contributed by atoms with Gasteiger partial charge in [0.15, 0.2) is 0 Å². The molecule has 19 heavy (non-hydrogen) atoms. The first-order valence-electron chi connectivity index (χ1n) is 5.39. The molecule has 6 heteroatoms. The number of primary amides is 1. The van der Waals surface area contributed by atoms with Gasteiger partial charge in [0.1, 0.15) is 5.69 Å². The van der Waals surface area contributed by atoms with Crippen LogP contribution in [-0.4, -0.2) is 16.8 Å². The van der Waals surface area contributed by atoms with E-state index in [4.69, 9.17) is 5.73 Å². The van der Waals surface area contributed by atoms with E-state index < -0.39 is 5.91 Å². The summed E-state index contributed by atoms with van der Waals surface area (Å²) in [6.45, 7) is 0. The summed E-state index contributed by atoms with van der Waals surface area (Å²) in [6.07, 6.45) is 1.31. The highest BCUT2D eigenvalue weighted by molar-refractivity contribution is 9.10. The number of amides is 2. The lowest BCUT2D eigenvalue weighted by molar-refractivity contribution is 0.0990. The minimum Gasteiger partial charge on any atom is -0.364 e. The minimum atomic E-state index is -0.626. The normalized spacial score (nSPS) is 9.95. The topological polar surface area (TPSA) is 85.1 Å². The summed E-state index contributed by atoms with van der Waals surface area (Å²) in [5, 5.41) is 2.72. The SMILES string of the molecule is NC(=O)c1ccc(C(=O)Nc2cccc(Br)c2)cn1. The van der Waals surface area contributed by atoms with Gasteiger partial charge in [-0.2, -0.15) is 0 Å². The predicted octanol–water partition coefficient (Wildman–Crippen LogP) is 2.20. The summed E-state index contributed by atoms with van der Waals surface area (Å²) in [5.41, 5.74) is 6.21. The first kappa shape index (κ1) is 13.2. The molecule has 0 radical (unpaired) electrons. The molecule has 0 aliphatic rings. The number of carbonyl (C=O) groups excluding carboxylic acids is 2. The second kappa shape index (κ2) is 5.62. The lowest BCUT2D eigenvalue weighted by Gasteiger charge is -2.05. The van der Waals surface area contributed by atoms with E-state index in [2.05, 4.69) is 26.2 Å². The van der Waals surface area contributed by atoms with Gasteiger partial charge in [0, 0.05) is 16.4 Å². The van der Waals surface area contributed by atoms with Crippen LogP contribution in [0.2, 0.25) is 0 Å². The molecule has 0 unspecified atom stereocenters. The van der Waals surface area contributed by atoms with Crippen molar-refractivity contribution < 1.29 is 9.59 Å². The van der Waals surface area contributed by atoms with Gasteiger partial charge in [-0.25, -0.2) is 0 Å². The molecule has 2 rings (SSSR count). The van der Waals surface area contributed by atoms with Crippen LogP contribution in [-0.2, 0) is 0 Å². The quantitative estimate of drug-likeness (QED) is 0.909. The van der Waals surface area contributed by atoms with Crippen molar-refractivity contribution in [2.24, 2.45) is 5.73 Å². The van der Waals surface area contributed by atoms with Crippen LogP contribution in [0.4, 0.5) is 5.69 Å². The second-order valence-corrected chi connectivity index (χ2v) is 4.68. The average Bonchev–Trinajstić information content (AvgIpc) is 2.39. The Kier molecular flexibility index (Phi) is 3.91. The molecule has 0 bridgehead atoms. The van der Waals surface area contributed by atoms with Crippen molar-refractivity contribution >= 4 is 33.4 Å². The lowest BCUT2D eigenvalue weighted by atomic mass is 10.2. The second-order valence-electron chi connectivity index (χ2n) is 3.76.